The number of benzene rings is 1. The number of cyclic esters (lactones) is 1. The lowest BCUT2D eigenvalue weighted by atomic mass is 9.89. The van der Waals surface area contributed by atoms with Crippen molar-refractivity contribution >= 4 is 23.6 Å². The number of carbonyl (C=O) groups excluding carboxylic acids is 1. The smallest absolute Gasteiger partial charge is 0.342 e. The van der Waals surface area contributed by atoms with Crippen LogP contribution in [0.25, 0.3) is 0 Å². The first-order valence-electron chi connectivity index (χ1n) is 12.1. The van der Waals surface area contributed by atoms with E-state index in [1.165, 1.54) is 11.1 Å². The van der Waals surface area contributed by atoms with Gasteiger partial charge in [-0.05, 0) is 57.3 Å². The van der Waals surface area contributed by atoms with Gasteiger partial charge < -0.3 is 23.8 Å². The maximum atomic E-state index is 12.5. The van der Waals surface area contributed by atoms with Crippen LogP contribution in [0.4, 0.5) is 0 Å². The molecule has 1 unspecified atom stereocenters. The van der Waals surface area contributed by atoms with Crippen LogP contribution in [-0.2, 0) is 33.2 Å². The third kappa shape index (κ3) is 7.73. The van der Waals surface area contributed by atoms with Crippen LogP contribution < -0.4 is 10.1 Å². The lowest BCUT2D eigenvalue weighted by Gasteiger charge is -2.20. The number of nitrogens with one attached hydrogen (secondary N) is 1. The molecule has 1 aromatic carbocycles. The number of hydrogen-bond donors (Lipinski definition) is 1. The Bertz CT molecular complexity index is 807. The molecule has 1 aromatic rings. The Morgan fingerprint density at radius 3 is 2.52 bits per heavy atom. The predicted molar refractivity (Wildman–Crippen MR) is 140 cm³/mol. The van der Waals surface area contributed by atoms with Crippen LogP contribution in [0.15, 0.2) is 11.6 Å². The fraction of sp³-hybridized carbons (Fsp3) is 0.640. The number of carbonyl (C=O) groups is 1. The molecule has 0 bridgehead atoms. The SMILES string of the molecule is CCOP(CCNC/C(=C/Cc1c(CC)c(C)c2c(c1OCCP)C(=O)OC2)CC)OCC. The summed E-state index contributed by atoms with van der Waals surface area (Å²) in [6, 6.07) is 0. The van der Waals surface area contributed by atoms with E-state index >= 15 is 0 Å². The number of esters is 1. The first-order valence-corrected chi connectivity index (χ1v) is 14.3. The lowest BCUT2D eigenvalue weighted by Crippen LogP contribution is -2.21. The van der Waals surface area contributed by atoms with Crippen molar-refractivity contribution in [1.29, 1.82) is 0 Å². The van der Waals surface area contributed by atoms with E-state index in [0.717, 1.165) is 67.1 Å². The van der Waals surface area contributed by atoms with Gasteiger partial charge in [-0.3, -0.25) is 0 Å². The monoisotopic (exact) mass is 497 g/mol. The molecule has 6 nitrogen and oxygen atoms in total. The standard InChI is InChI=1S/C25H41NO5P2/c1-6-19(16-26-12-15-33(30-8-3)31-9-4)10-11-21-20(7-2)18(5)22-17-29-25(27)23(22)24(21)28-13-14-32/h10,26H,6-9,11-17,32H2,1-5H3/b19-10+. The first kappa shape index (κ1) is 28.2. The van der Waals surface area contributed by atoms with Crippen LogP contribution in [0.2, 0.25) is 0 Å². The Morgan fingerprint density at radius 1 is 1.18 bits per heavy atom. The molecule has 1 heterocycles. The number of ether oxygens (including phenoxy) is 2. The second-order valence-corrected chi connectivity index (χ2v) is 10.0. The van der Waals surface area contributed by atoms with Gasteiger partial charge in [-0.1, -0.05) is 25.5 Å². The molecule has 0 amide bonds. The third-order valence-corrected chi connectivity index (χ3v) is 7.68. The minimum atomic E-state index is -0.812. The maximum absolute atomic E-state index is 12.5. The number of fused-ring (bicyclic) bond motifs is 1. The van der Waals surface area contributed by atoms with E-state index in [1.807, 2.05) is 13.8 Å². The van der Waals surface area contributed by atoms with Crippen LogP contribution in [0.3, 0.4) is 0 Å². The molecule has 0 saturated heterocycles. The number of rotatable bonds is 16. The molecule has 1 atom stereocenters. The van der Waals surface area contributed by atoms with Gasteiger partial charge in [0.1, 0.15) is 17.9 Å². The van der Waals surface area contributed by atoms with Crippen molar-refractivity contribution in [1.82, 2.24) is 5.32 Å². The van der Waals surface area contributed by atoms with Gasteiger partial charge in [-0.2, -0.15) is 0 Å². The molecule has 33 heavy (non-hydrogen) atoms. The predicted octanol–water partition coefficient (Wildman–Crippen LogP) is 5.34. The van der Waals surface area contributed by atoms with E-state index in [1.54, 1.807) is 0 Å². The molecule has 1 aliphatic heterocycles. The van der Waals surface area contributed by atoms with Crippen LogP contribution in [0, 0.1) is 6.92 Å². The highest BCUT2D eigenvalue weighted by atomic mass is 31.2. The minimum Gasteiger partial charge on any atom is -0.492 e. The van der Waals surface area contributed by atoms with Crippen LogP contribution in [0.1, 0.15) is 66.7 Å². The summed E-state index contributed by atoms with van der Waals surface area (Å²) in [6.07, 6.45) is 6.58. The van der Waals surface area contributed by atoms with E-state index in [-0.39, 0.29) is 5.97 Å². The Hall–Kier alpha value is -1.03. The largest absolute Gasteiger partial charge is 0.492 e. The lowest BCUT2D eigenvalue weighted by molar-refractivity contribution is 0.0532. The molecule has 186 valence electrons. The Balaban J connectivity index is 2.17. The highest BCUT2D eigenvalue weighted by Crippen LogP contribution is 2.39. The van der Waals surface area contributed by atoms with Crippen molar-refractivity contribution in [3.05, 3.63) is 39.5 Å². The molecule has 2 rings (SSSR count). The van der Waals surface area contributed by atoms with E-state index in [0.29, 0.717) is 32.0 Å². The molecule has 0 spiro atoms. The summed E-state index contributed by atoms with van der Waals surface area (Å²) < 4.78 is 22.9. The second-order valence-electron chi connectivity index (χ2n) is 7.82. The molecule has 1 N–H and O–H groups in total. The second kappa shape index (κ2) is 15.1. The van der Waals surface area contributed by atoms with E-state index in [9.17, 15) is 4.79 Å². The van der Waals surface area contributed by atoms with Crippen LogP contribution in [0.5, 0.6) is 5.75 Å². The Morgan fingerprint density at radius 2 is 1.91 bits per heavy atom. The molecule has 1 aliphatic rings. The quantitative estimate of drug-likeness (QED) is 0.144. The molecule has 0 aliphatic carbocycles. The van der Waals surface area contributed by atoms with Crippen molar-refractivity contribution in [2.24, 2.45) is 0 Å². The molecular weight excluding hydrogens is 456 g/mol. The van der Waals surface area contributed by atoms with E-state index in [4.69, 9.17) is 18.5 Å². The van der Waals surface area contributed by atoms with Gasteiger partial charge in [0.25, 0.3) is 0 Å². The maximum Gasteiger partial charge on any atom is 0.342 e. The summed E-state index contributed by atoms with van der Waals surface area (Å²) in [6.45, 7) is 14.4. The van der Waals surface area contributed by atoms with Gasteiger partial charge in [0.05, 0.1) is 19.8 Å². The fourth-order valence-electron chi connectivity index (χ4n) is 4.10. The summed E-state index contributed by atoms with van der Waals surface area (Å²) in [5.74, 6) is 0.452. The normalized spacial score (nSPS) is 13.5. The molecular formula is C25H41NO5P2. The van der Waals surface area contributed by atoms with Crippen molar-refractivity contribution in [3.63, 3.8) is 0 Å². The fourth-order valence-corrected chi connectivity index (χ4v) is 5.47. The summed E-state index contributed by atoms with van der Waals surface area (Å²) >= 11 is 0. The summed E-state index contributed by atoms with van der Waals surface area (Å²) in [5, 5.41) is 3.54. The van der Waals surface area contributed by atoms with Crippen molar-refractivity contribution in [2.75, 3.05) is 45.2 Å². The average Bonchev–Trinajstić information content (AvgIpc) is 3.20. The molecule has 0 fully saturated rings. The molecule has 8 heteroatoms. The highest BCUT2D eigenvalue weighted by Gasteiger charge is 2.32. The molecule has 0 saturated carbocycles. The first-order chi connectivity index (χ1) is 16.0. The van der Waals surface area contributed by atoms with E-state index < -0.39 is 8.38 Å². The zero-order chi connectivity index (χ0) is 24.2. The van der Waals surface area contributed by atoms with Crippen molar-refractivity contribution in [2.45, 2.75) is 60.5 Å². The van der Waals surface area contributed by atoms with Gasteiger partial charge in [-0.25, -0.2) is 4.79 Å². The minimum absolute atomic E-state index is 0.266. The molecule has 0 aromatic heterocycles. The van der Waals surface area contributed by atoms with Gasteiger partial charge in [0.15, 0.2) is 8.38 Å². The van der Waals surface area contributed by atoms with Crippen LogP contribution in [-0.4, -0.2) is 51.2 Å². The van der Waals surface area contributed by atoms with E-state index in [2.05, 4.69) is 41.4 Å². The average molecular weight is 498 g/mol. The van der Waals surface area contributed by atoms with Gasteiger partial charge in [-0.15, -0.1) is 9.24 Å². The van der Waals surface area contributed by atoms with Crippen LogP contribution >= 0.6 is 17.6 Å². The number of hydrogen-bond acceptors (Lipinski definition) is 6. The van der Waals surface area contributed by atoms with Gasteiger partial charge in [0, 0.05) is 30.4 Å². The summed E-state index contributed by atoms with van der Waals surface area (Å²) in [5.41, 5.74) is 6.50. The zero-order valence-electron chi connectivity index (χ0n) is 20.9. The van der Waals surface area contributed by atoms with Gasteiger partial charge >= 0.3 is 5.97 Å². The Kier molecular flexibility index (Phi) is 12.9. The van der Waals surface area contributed by atoms with Gasteiger partial charge in [0.2, 0.25) is 0 Å². The number of allylic oxidation sites excluding steroid dienone is 1. The molecule has 0 radical (unpaired) electrons. The van der Waals surface area contributed by atoms with Crippen molar-refractivity contribution < 1.29 is 23.3 Å². The third-order valence-electron chi connectivity index (χ3n) is 5.76. The topological polar surface area (TPSA) is 66.0 Å². The van der Waals surface area contributed by atoms with Crippen molar-refractivity contribution in [3.8, 4) is 5.75 Å². The summed E-state index contributed by atoms with van der Waals surface area (Å²) in [4.78, 5) is 12.5. The summed E-state index contributed by atoms with van der Waals surface area (Å²) in [7, 11) is 1.87. The zero-order valence-corrected chi connectivity index (χ0v) is 23.0. The highest BCUT2D eigenvalue weighted by molar-refractivity contribution is 7.47. The Labute approximate surface area is 203 Å².